The first kappa shape index (κ1) is 18.7. The van der Waals surface area contributed by atoms with Crippen molar-refractivity contribution in [2.45, 2.75) is 25.3 Å². The first-order valence-corrected chi connectivity index (χ1v) is 9.04. The number of hydrogen-bond acceptors (Lipinski definition) is 7. The fraction of sp³-hybridized carbons (Fsp3) is 0.353. The molecule has 30 heavy (non-hydrogen) atoms. The number of halogens is 3. The molecule has 5 rings (SSSR count). The van der Waals surface area contributed by atoms with Crippen LogP contribution < -0.4 is 0 Å². The van der Waals surface area contributed by atoms with Crippen molar-refractivity contribution >= 4 is 5.78 Å². The normalized spacial score (nSPS) is 17.2. The molecule has 0 aromatic carbocycles. The van der Waals surface area contributed by atoms with Gasteiger partial charge in [-0.25, -0.2) is 19.9 Å². The number of imidazole rings is 2. The fourth-order valence-corrected chi connectivity index (χ4v) is 3.21. The third-order valence-electron chi connectivity index (χ3n) is 4.62. The van der Waals surface area contributed by atoms with E-state index in [4.69, 9.17) is 9.47 Å². The summed E-state index contributed by atoms with van der Waals surface area (Å²) in [6.45, 7) is 1.54. The predicted octanol–water partition coefficient (Wildman–Crippen LogP) is 2.23. The molecule has 0 amide bonds. The van der Waals surface area contributed by atoms with Crippen LogP contribution >= 0.6 is 0 Å². The van der Waals surface area contributed by atoms with Crippen LogP contribution in [-0.2, 0) is 22.3 Å². The van der Waals surface area contributed by atoms with E-state index in [0.717, 1.165) is 12.0 Å². The van der Waals surface area contributed by atoms with Crippen LogP contribution in [0.2, 0.25) is 0 Å². The molecule has 0 spiro atoms. The first-order chi connectivity index (χ1) is 14.5. The Labute approximate surface area is 166 Å². The van der Waals surface area contributed by atoms with Gasteiger partial charge in [0.05, 0.1) is 37.5 Å². The van der Waals surface area contributed by atoms with E-state index in [2.05, 4.69) is 35.1 Å². The number of H-pyrrole nitrogens is 2. The van der Waals surface area contributed by atoms with Crippen LogP contribution in [0.15, 0.2) is 24.9 Å². The molecule has 1 saturated heterocycles. The number of hydrogen-bond donors (Lipinski definition) is 2. The number of aromatic amines is 2. The zero-order valence-electron chi connectivity index (χ0n) is 15.3. The second-order valence-corrected chi connectivity index (χ2v) is 6.71. The molecule has 156 valence electrons. The largest absolute Gasteiger partial charge is 0.453 e. The highest BCUT2D eigenvalue weighted by Crippen LogP contribution is 2.32. The Kier molecular flexibility index (Phi) is 4.47. The van der Waals surface area contributed by atoms with Gasteiger partial charge in [-0.2, -0.15) is 13.2 Å². The van der Waals surface area contributed by atoms with Crippen LogP contribution in [0.3, 0.4) is 0 Å². The minimum absolute atomic E-state index is 0.0288. The molecule has 0 bridgehead atoms. The van der Waals surface area contributed by atoms with E-state index >= 15 is 0 Å². The maximum absolute atomic E-state index is 12.9. The lowest BCUT2D eigenvalue weighted by atomic mass is 10.2. The van der Waals surface area contributed by atoms with Gasteiger partial charge < -0.3 is 14.5 Å². The number of rotatable bonds is 5. The Hall–Kier alpha value is -3.32. The molecule has 0 radical (unpaired) electrons. The highest BCUT2D eigenvalue weighted by atomic mass is 19.4. The second kappa shape index (κ2) is 7.18. The zero-order chi connectivity index (χ0) is 20.7. The summed E-state index contributed by atoms with van der Waals surface area (Å²) in [6.07, 6.45) is 2.56. The molecule has 1 fully saturated rings. The van der Waals surface area contributed by atoms with Crippen LogP contribution in [0.25, 0.3) is 28.7 Å². The van der Waals surface area contributed by atoms with Crippen molar-refractivity contribution in [3.05, 3.63) is 36.3 Å². The van der Waals surface area contributed by atoms with Gasteiger partial charge in [0, 0.05) is 24.6 Å². The van der Waals surface area contributed by atoms with Gasteiger partial charge in [0.1, 0.15) is 11.4 Å². The summed E-state index contributed by atoms with van der Waals surface area (Å²) in [5.41, 5.74) is 1.92. The Morgan fingerprint density at radius 3 is 2.87 bits per heavy atom. The molecule has 4 aromatic heterocycles. The molecule has 1 atom stereocenters. The second-order valence-electron chi connectivity index (χ2n) is 6.71. The van der Waals surface area contributed by atoms with Crippen LogP contribution in [0, 0.1) is 0 Å². The topological polar surface area (TPSA) is 119 Å². The summed E-state index contributed by atoms with van der Waals surface area (Å²) in [5, 5.41) is 5.57. The first-order valence-electron chi connectivity index (χ1n) is 9.04. The van der Waals surface area contributed by atoms with E-state index in [-0.39, 0.29) is 23.4 Å². The number of nitrogens with zero attached hydrogens (tertiary/aromatic N) is 6. The van der Waals surface area contributed by atoms with E-state index in [9.17, 15) is 13.2 Å². The van der Waals surface area contributed by atoms with Crippen molar-refractivity contribution in [3.63, 3.8) is 0 Å². The number of nitrogens with one attached hydrogen (secondary N) is 2. The molecule has 2 N–H and O–H groups in total. The maximum Gasteiger partial charge on any atom is 0.453 e. The highest BCUT2D eigenvalue weighted by Gasteiger charge is 2.37. The molecule has 0 saturated carbocycles. The summed E-state index contributed by atoms with van der Waals surface area (Å²) in [7, 11) is 0. The summed E-state index contributed by atoms with van der Waals surface area (Å²) in [5.74, 6) is -1.11. The minimum atomic E-state index is -4.67. The van der Waals surface area contributed by atoms with Gasteiger partial charge in [-0.15, -0.1) is 5.10 Å². The fourth-order valence-electron chi connectivity index (χ4n) is 3.21. The molecular weight excluding hydrogens is 405 g/mol. The quantitative estimate of drug-likeness (QED) is 0.508. The Morgan fingerprint density at radius 1 is 1.27 bits per heavy atom. The SMILES string of the molecule is FC(F)(F)c1n[nH]c(-c2nc3ncc(COC4CCOC4)cn3c2-c2cnc[nH]2)n1. The van der Waals surface area contributed by atoms with Gasteiger partial charge in [0.25, 0.3) is 5.82 Å². The van der Waals surface area contributed by atoms with Crippen molar-refractivity contribution in [1.82, 2.24) is 39.5 Å². The van der Waals surface area contributed by atoms with Crippen molar-refractivity contribution < 1.29 is 22.6 Å². The van der Waals surface area contributed by atoms with Gasteiger partial charge in [-0.3, -0.25) is 9.50 Å². The van der Waals surface area contributed by atoms with E-state index in [1.807, 2.05) is 0 Å². The van der Waals surface area contributed by atoms with Crippen LogP contribution in [0.1, 0.15) is 17.8 Å². The van der Waals surface area contributed by atoms with Crippen molar-refractivity contribution in [1.29, 1.82) is 0 Å². The Morgan fingerprint density at radius 2 is 2.17 bits per heavy atom. The monoisotopic (exact) mass is 420 g/mol. The van der Waals surface area contributed by atoms with E-state index in [1.54, 1.807) is 16.8 Å². The summed E-state index contributed by atoms with van der Waals surface area (Å²) in [6, 6.07) is 0. The molecule has 13 heteroatoms. The Balaban J connectivity index is 1.57. The molecule has 0 aliphatic carbocycles. The molecule has 1 aliphatic rings. The number of ether oxygens (including phenoxy) is 2. The van der Waals surface area contributed by atoms with E-state index in [0.29, 0.717) is 31.2 Å². The van der Waals surface area contributed by atoms with Crippen molar-refractivity contribution in [3.8, 4) is 22.9 Å². The van der Waals surface area contributed by atoms with Gasteiger partial charge >= 0.3 is 6.18 Å². The van der Waals surface area contributed by atoms with Crippen LogP contribution in [0.5, 0.6) is 0 Å². The smallest absolute Gasteiger partial charge is 0.379 e. The molecule has 5 heterocycles. The number of fused-ring (bicyclic) bond motifs is 1. The lowest BCUT2D eigenvalue weighted by molar-refractivity contribution is -0.144. The predicted molar refractivity (Wildman–Crippen MR) is 95.0 cm³/mol. The average Bonchev–Trinajstić information content (AvgIpc) is 3.51. The van der Waals surface area contributed by atoms with Gasteiger partial charge in [0.15, 0.2) is 5.82 Å². The maximum atomic E-state index is 12.9. The summed E-state index contributed by atoms with van der Waals surface area (Å²) >= 11 is 0. The molecule has 1 aliphatic heterocycles. The van der Waals surface area contributed by atoms with E-state index < -0.39 is 12.0 Å². The zero-order valence-corrected chi connectivity index (χ0v) is 15.3. The van der Waals surface area contributed by atoms with Crippen LogP contribution in [0.4, 0.5) is 13.2 Å². The van der Waals surface area contributed by atoms with Gasteiger partial charge in [0.2, 0.25) is 5.78 Å². The lowest BCUT2D eigenvalue weighted by Crippen LogP contribution is -2.12. The summed E-state index contributed by atoms with van der Waals surface area (Å²) < 4.78 is 51.6. The highest BCUT2D eigenvalue weighted by molar-refractivity contribution is 5.76. The average molecular weight is 420 g/mol. The van der Waals surface area contributed by atoms with Crippen LogP contribution in [-0.4, -0.2) is 58.8 Å². The molecule has 10 nitrogen and oxygen atoms in total. The van der Waals surface area contributed by atoms with Crippen molar-refractivity contribution in [2.75, 3.05) is 13.2 Å². The third kappa shape index (κ3) is 3.41. The molecular formula is C17H15F3N8O2. The van der Waals surface area contributed by atoms with Gasteiger partial charge in [-0.05, 0) is 6.42 Å². The van der Waals surface area contributed by atoms with Gasteiger partial charge in [-0.1, -0.05) is 0 Å². The van der Waals surface area contributed by atoms with E-state index in [1.165, 1.54) is 12.5 Å². The summed E-state index contributed by atoms with van der Waals surface area (Å²) in [4.78, 5) is 19.2. The minimum Gasteiger partial charge on any atom is -0.379 e. The standard InChI is InChI=1S/C17H15F3N8O2/c18-17(19,20)15-25-14(26-27-15)12-13(11-4-21-8-23-11)28-5-9(3-22-16(28)24-12)6-30-10-1-2-29-7-10/h3-5,8,10H,1-2,6-7H2,(H,21,23)(H,25,26,27). The molecule has 4 aromatic rings. The molecule has 1 unspecified atom stereocenters. The number of aromatic nitrogens is 8. The Bertz CT molecular complexity index is 1160. The lowest BCUT2D eigenvalue weighted by Gasteiger charge is -2.10. The third-order valence-corrected chi connectivity index (χ3v) is 4.62. The number of alkyl halides is 3. The van der Waals surface area contributed by atoms with Crippen molar-refractivity contribution in [2.24, 2.45) is 0 Å².